The topological polar surface area (TPSA) is 92.5 Å². The Hall–Kier alpha value is -2.32. The maximum Gasteiger partial charge on any atom is 0.390 e. The number of nitrogens with one attached hydrogen (secondary N) is 1. The van der Waals surface area contributed by atoms with Gasteiger partial charge in [-0.25, -0.2) is 4.79 Å². The number of benzene rings is 1. The van der Waals surface area contributed by atoms with E-state index in [2.05, 4.69) is 5.32 Å². The van der Waals surface area contributed by atoms with Crippen molar-refractivity contribution in [3.05, 3.63) is 33.9 Å². The first-order valence-electron chi connectivity index (χ1n) is 5.03. The lowest BCUT2D eigenvalue weighted by Crippen LogP contribution is -2.16. The summed E-state index contributed by atoms with van der Waals surface area (Å²) < 4.78 is 36.0. The molecule has 0 unspecified atom stereocenters. The van der Waals surface area contributed by atoms with Crippen LogP contribution in [0.2, 0.25) is 0 Å². The summed E-state index contributed by atoms with van der Waals surface area (Å²) >= 11 is 0. The van der Waals surface area contributed by atoms with Gasteiger partial charge >= 0.3 is 12.1 Å². The summed E-state index contributed by atoms with van der Waals surface area (Å²) in [4.78, 5) is 20.7. The number of aromatic carboxylic acids is 1. The third kappa shape index (κ3) is 4.12. The van der Waals surface area contributed by atoms with Gasteiger partial charge in [-0.15, -0.1) is 0 Å². The molecule has 0 amide bonds. The van der Waals surface area contributed by atoms with Gasteiger partial charge in [-0.05, 0) is 6.07 Å². The second-order valence-corrected chi connectivity index (χ2v) is 3.55. The number of hydrogen-bond donors (Lipinski definition) is 2. The van der Waals surface area contributed by atoms with E-state index in [4.69, 9.17) is 5.11 Å². The highest BCUT2D eigenvalue weighted by atomic mass is 19.4. The summed E-state index contributed by atoms with van der Waals surface area (Å²) in [5.41, 5.74) is -1.46. The monoisotopic (exact) mass is 278 g/mol. The van der Waals surface area contributed by atoms with E-state index in [-0.39, 0.29) is 0 Å². The Morgan fingerprint density at radius 3 is 2.53 bits per heavy atom. The first-order valence-corrected chi connectivity index (χ1v) is 5.03. The minimum absolute atomic E-state index is 0.427. The number of nitro benzene ring substituents is 1. The average molecular weight is 278 g/mol. The Morgan fingerprint density at radius 1 is 1.42 bits per heavy atom. The van der Waals surface area contributed by atoms with Gasteiger partial charge in [0.25, 0.3) is 5.69 Å². The van der Waals surface area contributed by atoms with Crippen molar-refractivity contribution in [1.29, 1.82) is 0 Å². The Bertz CT molecular complexity index is 470. The van der Waals surface area contributed by atoms with Crippen LogP contribution in [-0.2, 0) is 0 Å². The fourth-order valence-corrected chi connectivity index (χ4v) is 1.39. The molecule has 104 valence electrons. The standard InChI is InChI=1S/C10H9F3N2O4/c11-10(12,13)4-5-14-8-6(9(16)17)2-1-3-7(8)15(18)19/h1-3,14H,4-5H2,(H,16,17). The molecule has 0 saturated heterocycles. The summed E-state index contributed by atoms with van der Waals surface area (Å²) in [5.74, 6) is -1.46. The number of nitro groups is 1. The molecule has 0 aliphatic carbocycles. The summed E-state index contributed by atoms with van der Waals surface area (Å²) in [6.07, 6.45) is -5.65. The summed E-state index contributed by atoms with van der Waals surface area (Å²) in [5, 5.41) is 21.7. The smallest absolute Gasteiger partial charge is 0.390 e. The van der Waals surface area contributed by atoms with Crippen molar-refractivity contribution in [3.8, 4) is 0 Å². The van der Waals surface area contributed by atoms with Crippen molar-refractivity contribution < 1.29 is 28.0 Å². The highest BCUT2D eigenvalue weighted by Crippen LogP contribution is 2.29. The van der Waals surface area contributed by atoms with E-state index in [0.717, 1.165) is 18.2 Å². The number of para-hydroxylation sites is 1. The molecule has 0 heterocycles. The lowest BCUT2D eigenvalue weighted by Gasteiger charge is -2.11. The molecule has 0 atom stereocenters. The summed E-state index contributed by atoms with van der Waals surface area (Å²) in [7, 11) is 0. The molecule has 1 rings (SSSR count). The van der Waals surface area contributed by atoms with Crippen LogP contribution in [0.4, 0.5) is 24.5 Å². The van der Waals surface area contributed by atoms with E-state index in [9.17, 15) is 28.1 Å². The maximum atomic E-state index is 12.0. The first kappa shape index (κ1) is 14.7. The minimum atomic E-state index is -4.43. The molecule has 0 fully saturated rings. The largest absolute Gasteiger partial charge is 0.478 e. The lowest BCUT2D eigenvalue weighted by atomic mass is 10.1. The van der Waals surface area contributed by atoms with E-state index in [1.165, 1.54) is 0 Å². The van der Waals surface area contributed by atoms with Crippen molar-refractivity contribution in [2.24, 2.45) is 0 Å². The molecule has 1 aromatic carbocycles. The van der Waals surface area contributed by atoms with Crippen LogP contribution in [-0.4, -0.2) is 28.7 Å². The molecule has 0 aliphatic heterocycles. The van der Waals surface area contributed by atoms with Crippen LogP contribution < -0.4 is 5.32 Å². The molecule has 19 heavy (non-hydrogen) atoms. The number of rotatable bonds is 5. The van der Waals surface area contributed by atoms with Gasteiger partial charge in [-0.3, -0.25) is 10.1 Å². The molecular weight excluding hydrogens is 269 g/mol. The van der Waals surface area contributed by atoms with Gasteiger partial charge in [0.15, 0.2) is 0 Å². The average Bonchev–Trinajstić information content (AvgIpc) is 2.26. The fraction of sp³-hybridized carbons (Fsp3) is 0.300. The second-order valence-electron chi connectivity index (χ2n) is 3.55. The predicted octanol–water partition coefficient (Wildman–Crippen LogP) is 2.66. The fourth-order valence-electron chi connectivity index (χ4n) is 1.39. The third-order valence-corrected chi connectivity index (χ3v) is 2.18. The minimum Gasteiger partial charge on any atom is -0.478 e. The lowest BCUT2D eigenvalue weighted by molar-refractivity contribution is -0.384. The Morgan fingerprint density at radius 2 is 2.05 bits per heavy atom. The molecule has 9 heteroatoms. The highest BCUT2D eigenvalue weighted by molar-refractivity contribution is 5.96. The van der Waals surface area contributed by atoms with Crippen molar-refractivity contribution in [2.45, 2.75) is 12.6 Å². The van der Waals surface area contributed by atoms with Crippen LogP contribution in [0.25, 0.3) is 0 Å². The van der Waals surface area contributed by atoms with Crippen LogP contribution in [0.1, 0.15) is 16.8 Å². The second kappa shape index (κ2) is 5.55. The van der Waals surface area contributed by atoms with Crippen LogP contribution in [0.3, 0.4) is 0 Å². The van der Waals surface area contributed by atoms with Gasteiger partial charge in [0.2, 0.25) is 0 Å². The Kier molecular flexibility index (Phi) is 4.30. The van der Waals surface area contributed by atoms with Crippen LogP contribution in [0, 0.1) is 10.1 Å². The van der Waals surface area contributed by atoms with Gasteiger partial charge in [0.05, 0.1) is 16.9 Å². The molecule has 0 saturated carbocycles. The molecule has 1 aromatic rings. The number of alkyl halides is 3. The van der Waals surface area contributed by atoms with Crippen LogP contribution >= 0.6 is 0 Å². The zero-order valence-electron chi connectivity index (χ0n) is 9.40. The summed E-state index contributed by atoms with van der Waals surface area (Å²) in [6, 6.07) is 3.24. The van der Waals surface area contributed by atoms with E-state index in [0.29, 0.717) is 0 Å². The number of hydrogen-bond acceptors (Lipinski definition) is 4. The summed E-state index contributed by atoms with van der Waals surface area (Å²) in [6.45, 7) is -0.644. The SMILES string of the molecule is O=C(O)c1cccc([N+](=O)[O-])c1NCCC(F)(F)F. The van der Waals surface area contributed by atoms with Gasteiger partial charge in [-0.1, -0.05) is 6.07 Å². The highest BCUT2D eigenvalue weighted by Gasteiger charge is 2.27. The number of halogens is 3. The zero-order valence-corrected chi connectivity index (χ0v) is 9.40. The van der Waals surface area contributed by atoms with Gasteiger partial charge in [0, 0.05) is 12.6 Å². The molecule has 0 radical (unpaired) electrons. The van der Waals surface area contributed by atoms with E-state index >= 15 is 0 Å². The van der Waals surface area contributed by atoms with Crippen molar-refractivity contribution >= 4 is 17.3 Å². The molecule has 6 nitrogen and oxygen atoms in total. The normalized spacial score (nSPS) is 11.1. The zero-order chi connectivity index (χ0) is 14.6. The molecule has 0 spiro atoms. The van der Waals surface area contributed by atoms with Crippen LogP contribution in [0.5, 0.6) is 0 Å². The molecule has 0 aromatic heterocycles. The third-order valence-electron chi connectivity index (χ3n) is 2.18. The van der Waals surface area contributed by atoms with Crippen molar-refractivity contribution in [2.75, 3.05) is 11.9 Å². The quantitative estimate of drug-likeness (QED) is 0.638. The van der Waals surface area contributed by atoms with E-state index in [1.807, 2.05) is 0 Å². The first-order chi connectivity index (χ1) is 8.72. The van der Waals surface area contributed by atoms with Crippen molar-refractivity contribution in [1.82, 2.24) is 0 Å². The van der Waals surface area contributed by atoms with Gasteiger partial charge in [0.1, 0.15) is 5.69 Å². The number of nitrogens with zero attached hydrogens (tertiary/aromatic N) is 1. The van der Waals surface area contributed by atoms with E-state index < -0.39 is 47.0 Å². The predicted molar refractivity (Wildman–Crippen MR) is 59.2 cm³/mol. The number of anilines is 1. The number of carboxylic acid groups (broad SMARTS) is 1. The van der Waals surface area contributed by atoms with E-state index in [1.54, 1.807) is 0 Å². The number of carbonyl (C=O) groups is 1. The molecule has 0 aliphatic rings. The van der Waals surface area contributed by atoms with Crippen molar-refractivity contribution in [3.63, 3.8) is 0 Å². The van der Waals surface area contributed by atoms with Gasteiger partial charge in [-0.2, -0.15) is 13.2 Å². The molecule has 2 N–H and O–H groups in total. The van der Waals surface area contributed by atoms with Gasteiger partial charge < -0.3 is 10.4 Å². The van der Waals surface area contributed by atoms with Crippen LogP contribution in [0.15, 0.2) is 18.2 Å². The molecule has 0 bridgehead atoms. The Labute approximate surface area is 105 Å². The maximum absolute atomic E-state index is 12.0. The number of carboxylic acids is 1. The molecular formula is C10H9F3N2O4. The Balaban J connectivity index is 3.02.